The quantitative estimate of drug-likeness (QED) is 0.797. The van der Waals surface area contributed by atoms with Crippen LogP contribution in [-0.4, -0.2) is 13.1 Å². The van der Waals surface area contributed by atoms with Crippen LogP contribution in [0.25, 0.3) is 0 Å². The lowest BCUT2D eigenvalue weighted by atomic mass is 9.82. The van der Waals surface area contributed by atoms with Crippen molar-refractivity contribution in [3.05, 3.63) is 33.8 Å². The largest absolute Gasteiger partial charge is 0.321 e. The van der Waals surface area contributed by atoms with Crippen LogP contribution >= 0.6 is 23.2 Å². The molecule has 0 bridgehead atoms. The number of hydrogen-bond acceptors (Lipinski definition) is 2. The molecule has 1 aromatic rings. The molecule has 0 aliphatic carbocycles. The monoisotopic (exact) mass is 244 g/mol. The molecule has 1 saturated heterocycles. The van der Waals surface area contributed by atoms with Gasteiger partial charge in [-0.25, -0.2) is 0 Å². The first-order valence-corrected chi connectivity index (χ1v) is 5.82. The molecule has 0 saturated carbocycles. The Balaban J connectivity index is 2.31. The molecule has 4 heteroatoms. The zero-order valence-electron chi connectivity index (χ0n) is 8.39. The summed E-state index contributed by atoms with van der Waals surface area (Å²) in [6, 6.07) is 5.67. The van der Waals surface area contributed by atoms with Gasteiger partial charge in [0.15, 0.2) is 0 Å². The molecule has 1 aromatic carbocycles. The van der Waals surface area contributed by atoms with Gasteiger partial charge in [0.1, 0.15) is 0 Å². The molecule has 82 valence electrons. The standard InChI is InChI=1S/C11H14Cl2N2/c12-9-2-1-8(7-10(9)13)11(14)3-5-15-6-4-11/h1-2,7,15H,3-6,14H2. The molecule has 2 nitrogen and oxygen atoms in total. The third-order valence-electron chi connectivity index (χ3n) is 2.99. The fourth-order valence-corrected chi connectivity index (χ4v) is 2.27. The van der Waals surface area contributed by atoms with E-state index in [-0.39, 0.29) is 5.54 Å². The summed E-state index contributed by atoms with van der Waals surface area (Å²) in [5.74, 6) is 0. The second-order valence-electron chi connectivity index (χ2n) is 4.04. The van der Waals surface area contributed by atoms with Crippen molar-refractivity contribution in [1.29, 1.82) is 0 Å². The minimum atomic E-state index is -0.251. The molecule has 0 unspecified atom stereocenters. The van der Waals surface area contributed by atoms with Crippen molar-refractivity contribution in [2.24, 2.45) is 5.73 Å². The van der Waals surface area contributed by atoms with Crippen LogP contribution in [0.15, 0.2) is 18.2 Å². The Hall–Kier alpha value is -0.280. The average Bonchev–Trinajstić information content (AvgIpc) is 2.23. The van der Waals surface area contributed by atoms with Crippen molar-refractivity contribution >= 4 is 23.2 Å². The normalized spacial score (nSPS) is 20.2. The van der Waals surface area contributed by atoms with E-state index in [4.69, 9.17) is 28.9 Å². The van der Waals surface area contributed by atoms with E-state index in [0.717, 1.165) is 31.5 Å². The third-order valence-corrected chi connectivity index (χ3v) is 3.73. The van der Waals surface area contributed by atoms with Gasteiger partial charge in [0, 0.05) is 5.54 Å². The third kappa shape index (κ3) is 2.28. The lowest BCUT2D eigenvalue weighted by Crippen LogP contribution is -2.46. The summed E-state index contributed by atoms with van der Waals surface area (Å²) in [5, 5.41) is 4.46. The smallest absolute Gasteiger partial charge is 0.0595 e. The van der Waals surface area contributed by atoms with E-state index in [1.807, 2.05) is 18.2 Å². The summed E-state index contributed by atoms with van der Waals surface area (Å²) in [4.78, 5) is 0. The molecule has 0 atom stereocenters. The number of nitrogens with one attached hydrogen (secondary N) is 1. The van der Waals surface area contributed by atoms with E-state index < -0.39 is 0 Å². The molecule has 3 N–H and O–H groups in total. The summed E-state index contributed by atoms with van der Waals surface area (Å²) < 4.78 is 0. The van der Waals surface area contributed by atoms with Crippen LogP contribution in [0.5, 0.6) is 0 Å². The molecule has 0 spiro atoms. The second-order valence-corrected chi connectivity index (χ2v) is 4.85. The molecule has 1 heterocycles. The van der Waals surface area contributed by atoms with E-state index in [0.29, 0.717) is 10.0 Å². The first-order valence-electron chi connectivity index (χ1n) is 5.07. The molecular formula is C11H14Cl2N2. The first-order chi connectivity index (χ1) is 7.12. The highest BCUT2D eigenvalue weighted by Crippen LogP contribution is 2.32. The number of benzene rings is 1. The van der Waals surface area contributed by atoms with E-state index in [2.05, 4.69) is 5.32 Å². The van der Waals surface area contributed by atoms with Gasteiger partial charge >= 0.3 is 0 Å². The van der Waals surface area contributed by atoms with Crippen molar-refractivity contribution in [3.8, 4) is 0 Å². The van der Waals surface area contributed by atoms with E-state index >= 15 is 0 Å². The molecule has 15 heavy (non-hydrogen) atoms. The number of halogens is 2. The highest BCUT2D eigenvalue weighted by Gasteiger charge is 2.29. The highest BCUT2D eigenvalue weighted by atomic mass is 35.5. The molecule has 0 radical (unpaired) electrons. The maximum absolute atomic E-state index is 6.36. The fourth-order valence-electron chi connectivity index (χ4n) is 1.97. The summed E-state index contributed by atoms with van der Waals surface area (Å²) >= 11 is 11.9. The van der Waals surface area contributed by atoms with Crippen molar-refractivity contribution in [2.75, 3.05) is 13.1 Å². The van der Waals surface area contributed by atoms with Crippen LogP contribution in [0.4, 0.5) is 0 Å². The maximum atomic E-state index is 6.36. The van der Waals surface area contributed by atoms with Gasteiger partial charge in [-0.05, 0) is 43.6 Å². The van der Waals surface area contributed by atoms with Gasteiger partial charge in [-0.2, -0.15) is 0 Å². The van der Waals surface area contributed by atoms with Crippen LogP contribution in [0.2, 0.25) is 10.0 Å². The van der Waals surface area contributed by atoms with E-state index in [1.165, 1.54) is 0 Å². The molecule has 2 rings (SSSR count). The number of piperidine rings is 1. The second kappa shape index (κ2) is 4.30. The SMILES string of the molecule is NC1(c2ccc(Cl)c(Cl)c2)CCNCC1. The Kier molecular flexibility index (Phi) is 3.21. The minimum Gasteiger partial charge on any atom is -0.321 e. The summed E-state index contributed by atoms with van der Waals surface area (Å²) in [6.45, 7) is 1.91. The Morgan fingerprint density at radius 2 is 1.80 bits per heavy atom. The van der Waals surface area contributed by atoms with Gasteiger partial charge in [0.2, 0.25) is 0 Å². The van der Waals surface area contributed by atoms with Crippen LogP contribution < -0.4 is 11.1 Å². The van der Waals surface area contributed by atoms with Crippen LogP contribution in [-0.2, 0) is 5.54 Å². The van der Waals surface area contributed by atoms with Gasteiger partial charge in [-0.3, -0.25) is 0 Å². The highest BCUT2D eigenvalue weighted by molar-refractivity contribution is 6.42. The van der Waals surface area contributed by atoms with Crippen molar-refractivity contribution in [3.63, 3.8) is 0 Å². The minimum absolute atomic E-state index is 0.251. The van der Waals surface area contributed by atoms with Gasteiger partial charge in [0.25, 0.3) is 0 Å². The van der Waals surface area contributed by atoms with Crippen molar-refractivity contribution in [2.45, 2.75) is 18.4 Å². The predicted molar refractivity (Wildman–Crippen MR) is 64.4 cm³/mol. The summed E-state index contributed by atoms with van der Waals surface area (Å²) in [5.41, 5.74) is 7.19. The zero-order valence-corrected chi connectivity index (χ0v) is 9.91. The number of hydrogen-bond donors (Lipinski definition) is 2. The maximum Gasteiger partial charge on any atom is 0.0595 e. The summed E-state index contributed by atoms with van der Waals surface area (Å²) in [6.07, 6.45) is 1.87. The van der Waals surface area contributed by atoms with Crippen molar-refractivity contribution < 1.29 is 0 Å². The summed E-state index contributed by atoms with van der Waals surface area (Å²) in [7, 11) is 0. The van der Waals surface area contributed by atoms with Gasteiger partial charge in [0.05, 0.1) is 10.0 Å². The van der Waals surface area contributed by atoms with Crippen molar-refractivity contribution in [1.82, 2.24) is 5.32 Å². The molecule has 0 amide bonds. The molecular weight excluding hydrogens is 231 g/mol. The Labute approximate surface area is 99.7 Å². The van der Waals surface area contributed by atoms with Crippen LogP contribution in [0.1, 0.15) is 18.4 Å². The Morgan fingerprint density at radius 1 is 1.13 bits per heavy atom. The zero-order chi connectivity index (χ0) is 10.9. The predicted octanol–water partition coefficient (Wildman–Crippen LogP) is 2.53. The lowest BCUT2D eigenvalue weighted by Gasteiger charge is -2.34. The Morgan fingerprint density at radius 3 is 2.40 bits per heavy atom. The fraction of sp³-hybridized carbons (Fsp3) is 0.455. The number of rotatable bonds is 1. The van der Waals surface area contributed by atoms with Gasteiger partial charge < -0.3 is 11.1 Å². The van der Waals surface area contributed by atoms with Gasteiger partial charge in [-0.15, -0.1) is 0 Å². The molecule has 1 aliphatic heterocycles. The Bertz CT molecular complexity index is 360. The molecule has 1 fully saturated rings. The average molecular weight is 245 g/mol. The molecule has 0 aromatic heterocycles. The van der Waals surface area contributed by atoms with Crippen LogP contribution in [0, 0.1) is 0 Å². The topological polar surface area (TPSA) is 38.0 Å². The lowest BCUT2D eigenvalue weighted by molar-refractivity contribution is 0.317. The van der Waals surface area contributed by atoms with E-state index in [9.17, 15) is 0 Å². The first kappa shape index (κ1) is 11.2. The molecule has 1 aliphatic rings. The van der Waals surface area contributed by atoms with Crippen LogP contribution in [0.3, 0.4) is 0 Å². The van der Waals surface area contributed by atoms with E-state index in [1.54, 1.807) is 0 Å². The number of nitrogens with two attached hydrogens (primary N) is 1. The van der Waals surface area contributed by atoms with Gasteiger partial charge in [-0.1, -0.05) is 29.3 Å².